The lowest BCUT2D eigenvalue weighted by Crippen LogP contribution is -2.19. The maximum absolute atomic E-state index is 12.2. The van der Waals surface area contributed by atoms with Crippen LogP contribution in [0, 0.1) is 13.8 Å². The summed E-state index contributed by atoms with van der Waals surface area (Å²) in [5.74, 6) is 1.45. The second kappa shape index (κ2) is 8.13. The highest BCUT2D eigenvalue weighted by molar-refractivity contribution is 7.13. The van der Waals surface area contributed by atoms with E-state index in [9.17, 15) is 4.79 Å². The van der Waals surface area contributed by atoms with Gasteiger partial charge in [0.1, 0.15) is 17.1 Å². The van der Waals surface area contributed by atoms with Crippen molar-refractivity contribution in [3.05, 3.63) is 58.2 Å². The van der Waals surface area contributed by atoms with E-state index < -0.39 is 0 Å². The van der Waals surface area contributed by atoms with Gasteiger partial charge in [-0.1, -0.05) is 23.5 Å². The van der Waals surface area contributed by atoms with Crippen molar-refractivity contribution < 1.29 is 9.53 Å². The first kappa shape index (κ1) is 18.8. The van der Waals surface area contributed by atoms with Crippen LogP contribution in [0.5, 0.6) is 5.75 Å². The second-order valence-electron chi connectivity index (χ2n) is 6.22. The van der Waals surface area contributed by atoms with E-state index in [1.165, 1.54) is 16.9 Å². The summed E-state index contributed by atoms with van der Waals surface area (Å²) < 4.78 is 5.42. The third-order valence-electron chi connectivity index (χ3n) is 4.13. The molecule has 2 aromatic heterocycles. The molecule has 1 amide bonds. The average molecular weight is 383 g/mol. The summed E-state index contributed by atoms with van der Waals surface area (Å²) in [7, 11) is 3.66. The molecule has 1 N–H and O–H groups in total. The van der Waals surface area contributed by atoms with Crippen LogP contribution in [0.3, 0.4) is 0 Å². The summed E-state index contributed by atoms with van der Waals surface area (Å²) >= 11 is 1.27. The van der Waals surface area contributed by atoms with Gasteiger partial charge in [-0.25, -0.2) is 4.98 Å². The molecule has 27 heavy (non-hydrogen) atoms. The number of carbonyl (C=O) groups excluding carboxylic acids is 1. The molecular weight excluding hydrogens is 362 g/mol. The topological polar surface area (TPSA) is 80.2 Å². The number of carbonyl (C=O) groups is 1. The number of aromatic nitrogens is 3. The van der Waals surface area contributed by atoms with Gasteiger partial charge in [0, 0.05) is 19.8 Å². The molecule has 0 saturated heterocycles. The van der Waals surface area contributed by atoms with Crippen LogP contribution in [0.2, 0.25) is 0 Å². The van der Waals surface area contributed by atoms with Gasteiger partial charge in [-0.05, 0) is 42.7 Å². The minimum absolute atomic E-state index is 0.255. The lowest BCUT2D eigenvalue weighted by atomic mass is 10.1. The zero-order valence-electron chi connectivity index (χ0n) is 15.7. The summed E-state index contributed by atoms with van der Waals surface area (Å²) in [6, 6.07) is 7.82. The van der Waals surface area contributed by atoms with E-state index in [-0.39, 0.29) is 5.91 Å². The van der Waals surface area contributed by atoms with E-state index in [4.69, 9.17) is 4.74 Å². The third kappa shape index (κ3) is 4.40. The Balaban J connectivity index is 1.68. The molecule has 0 bridgehead atoms. The number of nitrogens with zero attached hydrogens (tertiary/aromatic N) is 4. The maximum atomic E-state index is 12.2. The molecule has 0 spiro atoms. The van der Waals surface area contributed by atoms with Gasteiger partial charge >= 0.3 is 0 Å². The van der Waals surface area contributed by atoms with E-state index in [2.05, 4.69) is 32.6 Å². The lowest BCUT2D eigenvalue weighted by Gasteiger charge is -2.20. The molecule has 0 radical (unpaired) electrons. The van der Waals surface area contributed by atoms with Crippen LogP contribution in [0.25, 0.3) is 0 Å². The smallest absolute Gasteiger partial charge is 0.259 e. The standard InChI is InChI=1S/C19H21N5O2S/c1-12-7-14(8-13(2)17(12)26-4)10-24(3)16-6-5-15(9-20-16)18(25)22-19-23-21-11-27-19/h5-9,11H,10H2,1-4H3,(H,22,23,25). The zero-order valence-corrected chi connectivity index (χ0v) is 16.5. The Morgan fingerprint density at radius 2 is 2.00 bits per heavy atom. The number of hydrogen-bond acceptors (Lipinski definition) is 7. The molecule has 0 aliphatic carbocycles. The number of amides is 1. The number of aryl methyl sites for hydroxylation is 2. The van der Waals surface area contributed by atoms with Crippen molar-refractivity contribution in [2.24, 2.45) is 0 Å². The van der Waals surface area contributed by atoms with Crippen LogP contribution in [-0.4, -0.2) is 35.2 Å². The van der Waals surface area contributed by atoms with Gasteiger partial charge in [-0.2, -0.15) is 0 Å². The Labute approximate surface area is 162 Å². The Kier molecular flexibility index (Phi) is 5.66. The molecule has 1 aromatic carbocycles. The van der Waals surface area contributed by atoms with Crippen molar-refractivity contribution in [2.45, 2.75) is 20.4 Å². The van der Waals surface area contributed by atoms with Crippen molar-refractivity contribution in [3.63, 3.8) is 0 Å². The lowest BCUT2D eigenvalue weighted by molar-refractivity contribution is 0.102. The van der Waals surface area contributed by atoms with Gasteiger partial charge in [0.15, 0.2) is 0 Å². The largest absolute Gasteiger partial charge is 0.496 e. The van der Waals surface area contributed by atoms with Crippen molar-refractivity contribution in [3.8, 4) is 5.75 Å². The van der Waals surface area contributed by atoms with Crippen LogP contribution in [0.1, 0.15) is 27.0 Å². The average Bonchev–Trinajstić information content (AvgIpc) is 3.14. The Morgan fingerprint density at radius 1 is 1.26 bits per heavy atom. The molecule has 3 aromatic rings. The number of methoxy groups -OCH3 is 1. The summed E-state index contributed by atoms with van der Waals surface area (Å²) in [6.45, 7) is 4.78. The minimum Gasteiger partial charge on any atom is -0.496 e. The van der Waals surface area contributed by atoms with E-state index in [0.29, 0.717) is 17.2 Å². The van der Waals surface area contributed by atoms with Crippen molar-refractivity contribution >= 4 is 28.2 Å². The molecule has 8 heteroatoms. The van der Waals surface area contributed by atoms with Gasteiger partial charge in [-0.15, -0.1) is 10.2 Å². The molecule has 3 rings (SSSR count). The first-order valence-corrected chi connectivity index (χ1v) is 9.24. The van der Waals surface area contributed by atoms with Crippen molar-refractivity contribution in [1.29, 1.82) is 0 Å². The highest BCUT2D eigenvalue weighted by Crippen LogP contribution is 2.25. The number of nitrogens with one attached hydrogen (secondary N) is 1. The fourth-order valence-corrected chi connectivity index (χ4v) is 3.39. The summed E-state index contributed by atoms with van der Waals surface area (Å²) in [4.78, 5) is 18.6. The molecule has 0 saturated carbocycles. The first-order chi connectivity index (χ1) is 13.0. The van der Waals surface area contributed by atoms with Gasteiger partial charge in [0.25, 0.3) is 5.91 Å². The van der Waals surface area contributed by atoms with E-state index in [0.717, 1.165) is 22.7 Å². The van der Waals surface area contributed by atoms with Crippen LogP contribution in [0.15, 0.2) is 36.0 Å². The maximum Gasteiger partial charge on any atom is 0.259 e. The van der Waals surface area contributed by atoms with Crippen LogP contribution >= 0.6 is 11.3 Å². The molecule has 0 unspecified atom stereocenters. The summed E-state index contributed by atoms with van der Waals surface area (Å²) in [6.07, 6.45) is 1.56. The number of ether oxygens (including phenoxy) is 1. The molecule has 0 fully saturated rings. The molecule has 7 nitrogen and oxygen atoms in total. The normalized spacial score (nSPS) is 10.5. The van der Waals surface area contributed by atoms with Crippen molar-refractivity contribution in [1.82, 2.24) is 15.2 Å². The van der Waals surface area contributed by atoms with Gasteiger partial charge < -0.3 is 9.64 Å². The number of benzene rings is 1. The molecule has 0 aliphatic rings. The number of rotatable bonds is 6. The molecule has 0 atom stereocenters. The van der Waals surface area contributed by atoms with Crippen LogP contribution in [0.4, 0.5) is 10.9 Å². The van der Waals surface area contributed by atoms with E-state index in [1.54, 1.807) is 24.9 Å². The zero-order chi connectivity index (χ0) is 19.4. The van der Waals surface area contributed by atoms with Crippen LogP contribution in [-0.2, 0) is 6.54 Å². The van der Waals surface area contributed by atoms with Gasteiger partial charge in [0.05, 0.1) is 12.7 Å². The SMILES string of the molecule is COc1c(C)cc(CN(C)c2ccc(C(=O)Nc3nncs3)cn2)cc1C. The van der Waals surface area contributed by atoms with Gasteiger partial charge in [-0.3, -0.25) is 10.1 Å². The number of anilines is 2. The van der Waals surface area contributed by atoms with Crippen molar-refractivity contribution in [2.75, 3.05) is 24.4 Å². The molecule has 2 heterocycles. The van der Waals surface area contributed by atoms with E-state index in [1.807, 2.05) is 31.9 Å². The van der Waals surface area contributed by atoms with Gasteiger partial charge in [0.2, 0.25) is 5.13 Å². The minimum atomic E-state index is -0.255. The summed E-state index contributed by atoms with van der Waals surface area (Å²) in [5.41, 5.74) is 5.43. The summed E-state index contributed by atoms with van der Waals surface area (Å²) in [5, 5.41) is 10.6. The van der Waals surface area contributed by atoms with Crippen LogP contribution < -0.4 is 15.0 Å². The molecule has 140 valence electrons. The highest BCUT2D eigenvalue weighted by atomic mass is 32.1. The predicted octanol–water partition coefficient (Wildman–Crippen LogP) is 3.45. The predicted molar refractivity (Wildman–Crippen MR) is 107 cm³/mol. The second-order valence-corrected chi connectivity index (χ2v) is 7.06. The number of pyridine rings is 1. The first-order valence-electron chi connectivity index (χ1n) is 8.36. The fourth-order valence-electron chi connectivity index (χ4n) is 2.95. The Hall–Kier alpha value is -3.00. The highest BCUT2D eigenvalue weighted by Gasteiger charge is 2.11. The number of hydrogen-bond donors (Lipinski definition) is 1. The molecule has 0 aliphatic heterocycles. The fraction of sp³-hybridized carbons (Fsp3) is 0.263. The Morgan fingerprint density at radius 3 is 2.56 bits per heavy atom. The van der Waals surface area contributed by atoms with E-state index >= 15 is 0 Å². The quantitative estimate of drug-likeness (QED) is 0.702. The monoisotopic (exact) mass is 383 g/mol. The molecular formula is C19H21N5O2S. The Bertz CT molecular complexity index is 903. The third-order valence-corrected chi connectivity index (χ3v) is 4.73.